The molecule has 0 unspecified atom stereocenters. The molecule has 0 aromatic heterocycles. The van der Waals surface area contributed by atoms with Crippen LogP contribution in [0.1, 0.15) is 36.5 Å². The molecule has 5 rings (SSSR count). The minimum Gasteiger partial charge on any atom is -0.492 e. The number of fused-ring (bicyclic) bond motifs is 1. The van der Waals surface area contributed by atoms with Gasteiger partial charge in [-0.1, -0.05) is 59.6 Å². The monoisotopic (exact) mass is 691 g/mol. The molecule has 1 atom stereocenters. The van der Waals surface area contributed by atoms with Gasteiger partial charge in [-0.2, -0.15) is 5.10 Å². The fourth-order valence-corrected chi connectivity index (χ4v) is 5.23. The maximum atomic E-state index is 13.2. The van der Waals surface area contributed by atoms with Crippen LogP contribution in [0.25, 0.3) is 0 Å². The van der Waals surface area contributed by atoms with E-state index in [4.69, 9.17) is 46.9 Å². The van der Waals surface area contributed by atoms with E-state index in [1.54, 1.807) is 36.4 Å². The van der Waals surface area contributed by atoms with Crippen LogP contribution in [-0.4, -0.2) is 44.1 Å². The largest absolute Gasteiger partial charge is 0.492 e. The highest BCUT2D eigenvalue weighted by molar-refractivity contribution is 6.35. The number of hydrogen-bond acceptors (Lipinski definition) is 8. The summed E-state index contributed by atoms with van der Waals surface area (Å²) in [5, 5.41) is 7.88. The molecule has 10 nitrogen and oxygen atoms in total. The van der Waals surface area contributed by atoms with Gasteiger partial charge in [-0.05, 0) is 78.6 Å². The van der Waals surface area contributed by atoms with Gasteiger partial charge in [0, 0.05) is 17.9 Å². The van der Waals surface area contributed by atoms with Gasteiger partial charge in [-0.3, -0.25) is 9.59 Å². The fraction of sp³-hybridized carbons (Fsp3) is 0.250. The molecule has 1 heterocycles. The Morgan fingerprint density at radius 3 is 2.50 bits per heavy atom. The van der Waals surface area contributed by atoms with Crippen LogP contribution in [0, 0.1) is 0 Å². The van der Waals surface area contributed by atoms with Crippen molar-refractivity contribution in [3.05, 3.63) is 112 Å². The third kappa shape index (κ3) is 10.0. The zero-order valence-corrected chi connectivity index (χ0v) is 27.8. The van der Waals surface area contributed by atoms with Gasteiger partial charge in [0.05, 0.1) is 24.5 Å². The standard InChI is InChI=1S/C36H35Cl2N3O7/c1-2-44-33-18-25(10-13-31(33)46-22-26-11-14-32-34(19-26)48-23-47-32)21-39-41-36(43)29(17-24-7-4-3-5-8-24)40-35(42)9-6-16-45-30-15-12-27(37)20-28(30)38/h3-5,7-8,10-15,18-21,29H,2,6,9,16-17,22-23H2,1H3,(H,40,42)(H,41,43)/b39-21-/t29-/m1/s1. The molecule has 0 spiro atoms. The SMILES string of the molecule is CCOc1cc(/C=N\NC(=O)[C@@H](Cc2ccccc2)NC(=O)CCCOc2ccc(Cl)cc2Cl)ccc1OCc1ccc2c(c1)OCO2. The van der Waals surface area contributed by atoms with Crippen LogP contribution in [0.4, 0.5) is 0 Å². The molecule has 2 N–H and O–H groups in total. The average molecular weight is 693 g/mol. The topological polar surface area (TPSA) is 117 Å². The lowest BCUT2D eigenvalue weighted by atomic mass is 10.1. The molecule has 0 bridgehead atoms. The van der Waals surface area contributed by atoms with Crippen LogP contribution in [0.2, 0.25) is 10.0 Å². The third-order valence-corrected chi connectivity index (χ3v) is 7.65. The van der Waals surface area contributed by atoms with E-state index in [1.165, 1.54) is 6.21 Å². The van der Waals surface area contributed by atoms with Crippen LogP contribution in [0.15, 0.2) is 90.0 Å². The Bertz CT molecular complexity index is 1740. The zero-order chi connectivity index (χ0) is 33.7. The molecule has 1 aliphatic rings. The summed E-state index contributed by atoms with van der Waals surface area (Å²) in [7, 11) is 0. The molecular formula is C36H35Cl2N3O7. The van der Waals surface area contributed by atoms with Crippen LogP contribution in [0.5, 0.6) is 28.7 Å². The number of hydrazone groups is 1. The quantitative estimate of drug-likeness (QED) is 0.0760. The number of halogens is 2. The number of carbonyl (C=O) groups excluding carboxylic acids is 2. The molecule has 0 saturated carbocycles. The number of carbonyl (C=O) groups is 2. The Morgan fingerprint density at radius 1 is 0.875 bits per heavy atom. The molecule has 48 heavy (non-hydrogen) atoms. The molecule has 1 aliphatic heterocycles. The van der Waals surface area contributed by atoms with E-state index in [9.17, 15) is 9.59 Å². The van der Waals surface area contributed by atoms with E-state index in [-0.39, 0.29) is 32.1 Å². The summed E-state index contributed by atoms with van der Waals surface area (Å²) in [6, 6.07) is 24.5. The highest BCUT2D eigenvalue weighted by atomic mass is 35.5. The van der Waals surface area contributed by atoms with E-state index in [0.29, 0.717) is 64.0 Å². The van der Waals surface area contributed by atoms with Gasteiger partial charge in [-0.15, -0.1) is 0 Å². The van der Waals surface area contributed by atoms with Crippen LogP contribution in [-0.2, 0) is 22.6 Å². The van der Waals surface area contributed by atoms with Gasteiger partial charge in [-0.25, -0.2) is 5.43 Å². The molecule has 2 amide bonds. The second-order valence-corrected chi connectivity index (χ2v) is 11.5. The summed E-state index contributed by atoms with van der Waals surface area (Å²) in [6.45, 7) is 3.09. The van der Waals surface area contributed by atoms with Gasteiger partial charge in [0.15, 0.2) is 23.0 Å². The van der Waals surface area contributed by atoms with Gasteiger partial charge >= 0.3 is 0 Å². The number of benzene rings is 4. The van der Waals surface area contributed by atoms with Gasteiger partial charge < -0.3 is 29.0 Å². The Balaban J connectivity index is 1.16. The van der Waals surface area contributed by atoms with Crippen molar-refractivity contribution in [2.24, 2.45) is 5.10 Å². The third-order valence-electron chi connectivity index (χ3n) is 7.12. The lowest BCUT2D eigenvalue weighted by Gasteiger charge is -2.17. The van der Waals surface area contributed by atoms with Crippen LogP contribution >= 0.6 is 23.2 Å². The average Bonchev–Trinajstić information content (AvgIpc) is 3.55. The second kappa shape index (κ2) is 17.3. The maximum absolute atomic E-state index is 13.2. The Hall–Kier alpha value is -4.93. The number of rotatable bonds is 16. The Labute approximate surface area is 288 Å². The van der Waals surface area contributed by atoms with Crippen molar-refractivity contribution >= 4 is 41.2 Å². The predicted molar refractivity (Wildman–Crippen MR) is 184 cm³/mol. The molecule has 250 valence electrons. The molecule has 0 aliphatic carbocycles. The smallest absolute Gasteiger partial charge is 0.262 e. The van der Waals surface area contributed by atoms with Gasteiger partial charge in [0.1, 0.15) is 18.4 Å². The molecule has 0 radical (unpaired) electrons. The fourth-order valence-electron chi connectivity index (χ4n) is 4.77. The van der Waals surface area contributed by atoms with Crippen molar-refractivity contribution in [2.75, 3.05) is 20.0 Å². The molecule has 4 aromatic carbocycles. The van der Waals surface area contributed by atoms with Gasteiger partial charge in [0.2, 0.25) is 12.7 Å². The number of nitrogens with zero attached hydrogens (tertiary/aromatic N) is 1. The van der Waals surface area contributed by atoms with Crippen molar-refractivity contribution in [3.63, 3.8) is 0 Å². The van der Waals surface area contributed by atoms with E-state index in [2.05, 4.69) is 15.8 Å². The van der Waals surface area contributed by atoms with Gasteiger partial charge in [0.25, 0.3) is 5.91 Å². The number of nitrogens with one attached hydrogen (secondary N) is 2. The molecule has 12 heteroatoms. The van der Waals surface area contributed by atoms with Crippen molar-refractivity contribution < 1.29 is 33.3 Å². The summed E-state index contributed by atoms with van der Waals surface area (Å²) in [5.41, 5.74) is 5.05. The number of ether oxygens (including phenoxy) is 5. The van der Waals surface area contributed by atoms with Crippen molar-refractivity contribution in [2.45, 2.75) is 38.8 Å². The van der Waals surface area contributed by atoms with Crippen LogP contribution < -0.4 is 34.4 Å². The highest BCUT2D eigenvalue weighted by Crippen LogP contribution is 2.34. The summed E-state index contributed by atoms with van der Waals surface area (Å²) < 4.78 is 28.3. The molecule has 0 fully saturated rings. The summed E-state index contributed by atoms with van der Waals surface area (Å²) >= 11 is 12.1. The first kappa shape index (κ1) is 34.4. The Morgan fingerprint density at radius 2 is 1.69 bits per heavy atom. The highest BCUT2D eigenvalue weighted by Gasteiger charge is 2.21. The first-order valence-corrected chi connectivity index (χ1v) is 16.2. The molecular weight excluding hydrogens is 657 g/mol. The lowest BCUT2D eigenvalue weighted by Crippen LogP contribution is -2.46. The number of amides is 2. The normalized spacial score (nSPS) is 12.4. The zero-order valence-electron chi connectivity index (χ0n) is 26.2. The number of hydrogen-bond donors (Lipinski definition) is 2. The Kier molecular flexibility index (Phi) is 12.4. The second-order valence-electron chi connectivity index (χ2n) is 10.7. The first-order valence-electron chi connectivity index (χ1n) is 15.4. The molecule has 0 saturated heterocycles. The maximum Gasteiger partial charge on any atom is 0.262 e. The van der Waals surface area contributed by atoms with E-state index < -0.39 is 11.9 Å². The summed E-state index contributed by atoms with van der Waals surface area (Å²) in [5.74, 6) is 2.22. The summed E-state index contributed by atoms with van der Waals surface area (Å²) in [6.07, 6.45) is 2.36. The lowest BCUT2D eigenvalue weighted by molar-refractivity contribution is -0.129. The summed E-state index contributed by atoms with van der Waals surface area (Å²) in [4.78, 5) is 26.0. The first-order chi connectivity index (χ1) is 23.4. The van der Waals surface area contributed by atoms with Crippen molar-refractivity contribution in [1.82, 2.24) is 10.7 Å². The van der Waals surface area contributed by atoms with Crippen molar-refractivity contribution in [3.8, 4) is 28.7 Å². The van der Waals surface area contributed by atoms with Crippen LogP contribution in [0.3, 0.4) is 0 Å². The van der Waals surface area contributed by atoms with Crippen molar-refractivity contribution in [1.29, 1.82) is 0 Å². The minimum atomic E-state index is -0.852. The predicted octanol–water partition coefficient (Wildman–Crippen LogP) is 6.74. The molecule has 4 aromatic rings. The van der Waals surface area contributed by atoms with E-state index >= 15 is 0 Å². The van der Waals surface area contributed by atoms with E-state index in [0.717, 1.165) is 11.1 Å². The van der Waals surface area contributed by atoms with E-state index in [1.807, 2.05) is 55.5 Å². The minimum absolute atomic E-state index is 0.149.